The molecule has 0 radical (unpaired) electrons. The molecule has 0 heterocycles. The molecule has 0 N–H and O–H groups in total. The summed E-state index contributed by atoms with van der Waals surface area (Å²) >= 11 is -2.00. The Hall–Kier alpha value is 0.808. The molecule has 0 amide bonds. The summed E-state index contributed by atoms with van der Waals surface area (Å²) in [7, 11) is 0. The van der Waals surface area contributed by atoms with Gasteiger partial charge in [-0.2, -0.15) is 0 Å². The number of hydrogen-bond acceptors (Lipinski definition) is 2. The van der Waals surface area contributed by atoms with Crippen molar-refractivity contribution in [3.8, 4) is 0 Å². The molecule has 2 nitrogen and oxygen atoms in total. The molecule has 0 aliphatic carbocycles. The zero-order chi connectivity index (χ0) is 2.71. The Morgan fingerprint density at radius 3 is 1.25 bits per heavy atom. The van der Waals surface area contributed by atoms with Crippen molar-refractivity contribution in [3.63, 3.8) is 0 Å². The SMILES string of the molecule is [Ni].[O]=[Ti]=[O]. The Bertz CT molecular complexity index is 27.0. The van der Waals surface area contributed by atoms with Crippen molar-refractivity contribution in [3.05, 3.63) is 0 Å². The van der Waals surface area contributed by atoms with Crippen LogP contribution in [-0.2, 0) is 42.2 Å². The fourth-order valence-electron chi connectivity index (χ4n) is 0. The summed E-state index contributed by atoms with van der Waals surface area (Å²) in [5.41, 5.74) is 0. The van der Waals surface area contributed by atoms with E-state index in [2.05, 4.69) is 0 Å². The first-order chi connectivity index (χ1) is 1.41. The summed E-state index contributed by atoms with van der Waals surface area (Å²) in [5, 5.41) is 0. The van der Waals surface area contributed by atoms with Crippen LogP contribution in [-0.4, -0.2) is 0 Å². The first kappa shape index (κ1) is 8.84. The fourth-order valence-corrected chi connectivity index (χ4v) is 0. The van der Waals surface area contributed by atoms with Crippen molar-refractivity contribution < 1.29 is 42.2 Å². The minimum atomic E-state index is -2.00. The summed E-state index contributed by atoms with van der Waals surface area (Å²) in [5.74, 6) is 0. The van der Waals surface area contributed by atoms with Gasteiger partial charge in [-0.25, -0.2) is 0 Å². The van der Waals surface area contributed by atoms with Gasteiger partial charge in [-0.05, 0) is 0 Å². The van der Waals surface area contributed by atoms with Gasteiger partial charge < -0.3 is 0 Å². The zero-order valence-corrected chi connectivity index (χ0v) is 4.18. The van der Waals surface area contributed by atoms with E-state index in [1.54, 1.807) is 0 Å². The van der Waals surface area contributed by atoms with E-state index < -0.39 is 19.1 Å². The summed E-state index contributed by atoms with van der Waals surface area (Å²) < 4.78 is 17.0. The molecule has 0 spiro atoms. The Morgan fingerprint density at radius 1 is 1.25 bits per heavy atom. The van der Waals surface area contributed by atoms with Gasteiger partial charge in [0.2, 0.25) is 0 Å². The van der Waals surface area contributed by atoms with Crippen LogP contribution in [0.3, 0.4) is 0 Å². The van der Waals surface area contributed by atoms with Crippen molar-refractivity contribution in [2.24, 2.45) is 0 Å². The van der Waals surface area contributed by atoms with Gasteiger partial charge >= 0.3 is 25.7 Å². The molecule has 4 heavy (non-hydrogen) atoms. The van der Waals surface area contributed by atoms with Gasteiger partial charge in [0.15, 0.2) is 0 Å². The van der Waals surface area contributed by atoms with Gasteiger partial charge in [0.1, 0.15) is 0 Å². The van der Waals surface area contributed by atoms with Gasteiger partial charge in [-0.3, -0.25) is 0 Å². The molecule has 0 fully saturated rings. The number of hydrogen-bond donors (Lipinski definition) is 0. The molecule has 0 saturated heterocycles. The number of rotatable bonds is 0. The van der Waals surface area contributed by atoms with E-state index in [-0.39, 0.29) is 16.5 Å². The fraction of sp³-hybridized carbons (Fsp3) is 0. The molecule has 0 aliphatic rings. The van der Waals surface area contributed by atoms with Gasteiger partial charge in [-0.1, -0.05) is 0 Å². The molecule has 0 saturated carbocycles. The predicted molar refractivity (Wildman–Crippen MR) is 1.37 cm³/mol. The molecule has 0 aromatic carbocycles. The molecule has 0 aromatic heterocycles. The van der Waals surface area contributed by atoms with Crippen LogP contribution in [0.5, 0.6) is 0 Å². The van der Waals surface area contributed by atoms with E-state index in [0.29, 0.717) is 0 Å². The monoisotopic (exact) mass is 138 g/mol. The predicted octanol–water partition coefficient (Wildman–Crippen LogP) is -0.243. The molecular weight excluding hydrogens is 139 g/mol. The first-order valence-electron chi connectivity index (χ1n) is 0.408. The van der Waals surface area contributed by atoms with Crippen LogP contribution in [0.1, 0.15) is 0 Å². The van der Waals surface area contributed by atoms with Crippen molar-refractivity contribution in [1.82, 2.24) is 0 Å². The van der Waals surface area contributed by atoms with Crippen LogP contribution in [0.4, 0.5) is 0 Å². The van der Waals surface area contributed by atoms with Gasteiger partial charge in [-0.15, -0.1) is 0 Å². The van der Waals surface area contributed by atoms with Crippen LogP contribution in [0, 0.1) is 0 Å². The van der Waals surface area contributed by atoms with E-state index in [1.807, 2.05) is 0 Å². The molecule has 0 unspecified atom stereocenters. The Morgan fingerprint density at radius 2 is 1.25 bits per heavy atom. The summed E-state index contributed by atoms with van der Waals surface area (Å²) in [6.45, 7) is 0. The summed E-state index contributed by atoms with van der Waals surface area (Å²) in [6, 6.07) is 0. The molecule has 4 heteroatoms. The van der Waals surface area contributed by atoms with Crippen LogP contribution < -0.4 is 0 Å². The minimum absolute atomic E-state index is 0. The van der Waals surface area contributed by atoms with Gasteiger partial charge in [0.25, 0.3) is 0 Å². The van der Waals surface area contributed by atoms with E-state index in [9.17, 15) is 0 Å². The molecule has 0 aliphatic heterocycles. The van der Waals surface area contributed by atoms with Gasteiger partial charge in [0.05, 0.1) is 0 Å². The molecule has 0 bridgehead atoms. The third kappa shape index (κ3) is 14.1. The Labute approximate surface area is 42.5 Å². The third-order valence-electron chi connectivity index (χ3n) is 0. The third-order valence-corrected chi connectivity index (χ3v) is 0. The van der Waals surface area contributed by atoms with Crippen molar-refractivity contribution in [2.45, 2.75) is 0 Å². The van der Waals surface area contributed by atoms with Crippen molar-refractivity contribution >= 4 is 0 Å². The summed E-state index contributed by atoms with van der Waals surface area (Å²) in [4.78, 5) is 0. The second-order valence-corrected chi connectivity index (χ2v) is 0.344. The molecule has 26 valence electrons. The standard InChI is InChI=1S/Ni.2O.Ti. The van der Waals surface area contributed by atoms with Gasteiger partial charge in [0, 0.05) is 16.5 Å². The van der Waals surface area contributed by atoms with E-state index in [1.165, 1.54) is 0 Å². The molecule has 0 aromatic rings. The first-order valence-corrected chi connectivity index (χ1v) is 1.68. The molecular formula is NiO2Ti. The van der Waals surface area contributed by atoms with E-state index in [4.69, 9.17) is 6.65 Å². The van der Waals surface area contributed by atoms with Crippen LogP contribution in [0.15, 0.2) is 0 Å². The Kier molecular flexibility index (Phi) is 20.3. The Balaban J connectivity index is 0. The van der Waals surface area contributed by atoms with Crippen LogP contribution >= 0.6 is 0 Å². The van der Waals surface area contributed by atoms with E-state index >= 15 is 0 Å². The average Bonchev–Trinajstić information content (AvgIpc) is 0.918. The molecule has 0 atom stereocenters. The second kappa shape index (κ2) is 9.19. The van der Waals surface area contributed by atoms with E-state index in [0.717, 1.165) is 0 Å². The topological polar surface area (TPSA) is 34.1 Å². The maximum atomic E-state index is 8.50. The van der Waals surface area contributed by atoms with Crippen LogP contribution in [0.2, 0.25) is 0 Å². The zero-order valence-electron chi connectivity index (χ0n) is 1.63. The maximum absolute atomic E-state index is 8.50. The second-order valence-electron chi connectivity index (χ2n) is 0.0833. The molecule has 0 rings (SSSR count). The summed E-state index contributed by atoms with van der Waals surface area (Å²) in [6.07, 6.45) is 0. The van der Waals surface area contributed by atoms with Crippen molar-refractivity contribution in [1.29, 1.82) is 0 Å². The van der Waals surface area contributed by atoms with Crippen molar-refractivity contribution in [2.75, 3.05) is 0 Å². The average molecular weight is 139 g/mol. The van der Waals surface area contributed by atoms with Crippen LogP contribution in [0.25, 0.3) is 0 Å². The quantitative estimate of drug-likeness (QED) is 0.433. The normalized spacial score (nSPS) is 2.00.